The maximum atomic E-state index is 3.53. The van der Waals surface area contributed by atoms with E-state index in [0.29, 0.717) is 5.92 Å². The van der Waals surface area contributed by atoms with Crippen molar-refractivity contribution in [3.8, 4) is 0 Å². The molecule has 1 nitrogen and oxygen atoms in total. The summed E-state index contributed by atoms with van der Waals surface area (Å²) in [6.45, 7) is 7.41. The van der Waals surface area contributed by atoms with Crippen molar-refractivity contribution in [3.05, 3.63) is 63.6 Å². The minimum Gasteiger partial charge on any atom is -0.381 e. The van der Waals surface area contributed by atoms with Gasteiger partial charge in [-0.2, -0.15) is 0 Å². The summed E-state index contributed by atoms with van der Waals surface area (Å²) in [5.74, 6) is 0.566. The number of hydrogen-bond acceptors (Lipinski definition) is 1. The van der Waals surface area contributed by atoms with Gasteiger partial charge in [0.15, 0.2) is 0 Å². The monoisotopic (exact) mass is 317 g/mol. The van der Waals surface area contributed by atoms with E-state index in [1.807, 2.05) is 0 Å². The highest BCUT2D eigenvalue weighted by atomic mass is 79.9. The van der Waals surface area contributed by atoms with E-state index < -0.39 is 0 Å². The van der Waals surface area contributed by atoms with Crippen LogP contribution in [0.15, 0.2) is 46.9 Å². The maximum absolute atomic E-state index is 3.53. The number of anilines is 1. The molecule has 0 heterocycles. The fraction of sp³-hybridized carbons (Fsp3) is 0.294. The smallest absolute Gasteiger partial charge is 0.0400 e. The van der Waals surface area contributed by atoms with Crippen LogP contribution < -0.4 is 5.32 Å². The van der Waals surface area contributed by atoms with Gasteiger partial charge < -0.3 is 5.32 Å². The van der Waals surface area contributed by atoms with Crippen molar-refractivity contribution in [1.82, 2.24) is 0 Å². The van der Waals surface area contributed by atoms with Gasteiger partial charge in [0, 0.05) is 16.7 Å². The topological polar surface area (TPSA) is 12.0 Å². The Balaban J connectivity index is 2.05. The highest BCUT2D eigenvalue weighted by Gasteiger charge is 2.01. The van der Waals surface area contributed by atoms with E-state index in [1.165, 1.54) is 22.4 Å². The average Bonchev–Trinajstić information content (AvgIpc) is 2.40. The molecule has 0 aliphatic heterocycles. The zero-order valence-electron chi connectivity index (χ0n) is 11.7. The van der Waals surface area contributed by atoms with Gasteiger partial charge in [0.05, 0.1) is 0 Å². The van der Waals surface area contributed by atoms with Gasteiger partial charge in [-0.15, -0.1) is 0 Å². The lowest BCUT2D eigenvalue weighted by atomic mass is 10.0. The van der Waals surface area contributed by atoms with E-state index in [9.17, 15) is 0 Å². The Kier molecular flexibility index (Phi) is 4.65. The largest absolute Gasteiger partial charge is 0.381 e. The van der Waals surface area contributed by atoms with E-state index in [1.54, 1.807) is 0 Å². The lowest BCUT2D eigenvalue weighted by Gasteiger charge is -2.11. The molecule has 0 fully saturated rings. The first-order valence-electron chi connectivity index (χ1n) is 6.65. The standard InChI is InChI=1S/C17H20BrN/c1-12(2)15-5-4-6-16(10-15)19-11-14-7-8-17(18)13(3)9-14/h4-10,12,19H,11H2,1-3H3. The van der Waals surface area contributed by atoms with Crippen molar-refractivity contribution >= 4 is 21.6 Å². The quantitative estimate of drug-likeness (QED) is 0.785. The summed E-state index contributed by atoms with van der Waals surface area (Å²) in [6, 6.07) is 15.1. The molecule has 0 atom stereocenters. The Morgan fingerprint density at radius 3 is 2.58 bits per heavy atom. The highest BCUT2D eigenvalue weighted by molar-refractivity contribution is 9.10. The zero-order valence-corrected chi connectivity index (χ0v) is 13.3. The Bertz CT molecular complexity index is 561. The molecule has 0 saturated heterocycles. The van der Waals surface area contributed by atoms with Crippen LogP contribution in [0.3, 0.4) is 0 Å². The minimum absolute atomic E-state index is 0.566. The number of rotatable bonds is 4. The first-order valence-corrected chi connectivity index (χ1v) is 7.44. The van der Waals surface area contributed by atoms with Gasteiger partial charge in [-0.05, 0) is 47.7 Å². The number of hydrogen-bond donors (Lipinski definition) is 1. The first kappa shape index (κ1) is 14.1. The molecule has 0 unspecified atom stereocenters. The molecule has 0 spiro atoms. The van der Waals surface area contributed by atoms with E-state index in [-0.39, 0.29) is 0 Å². The summed E-state index contributed by atoms with van der Waals surface area (Å²) in [5.41, 5.74) is 5.13. The number of nitrogens with one attached hydrogen (secondary N) is 1. The van der Waals surface area contributed by atoms with Crippen LogP contribution in [-0.4, -0.2) is 0 Å². The average molecular weight is 318 g/mol. The molecular formula is C17H20BrN. The second kappa shape index (κ2) is 6.25. The van der Waals surface area contributed by atoms with Crippen LogP contribution in [-0.2, 0) is 6.54 Å². The van der Waals surface area contributed by atoms with Crippen LogP contribution in [0.4, 0.5) is 5.69 Å². The predicted molar refractivity (Wildman–Crippen MR) is 86.7 cm³/mol. The zero-order chi connectivity index (χ0) is 13.8. The highest BCUT2D eigenvalue weighted by Crippen LogP contribution is 2.20. The van der Waals surface area contributed by atoms with Crippen molar-refractivity contribution in [2.45, 2.75) is 33.2 Å². The molecule has 0 aromatic heterocycles. The summed E-state index contributed by atoms with van der Waals surface area (Å²) >= 11 is 3.53. The van der Waals surface area contributed by atoms with Crippen LogP contribution in [0.1, 0.15) is 36.5 Å². The molecule has 0 saturated carbocycles. The molecule has 0 radical (unpaired) electrons. The SMILES string of the molecule is Cc1cc(CNc2cccc(C(C)C)c2)ccc1Br. The second-order valence-corrected chi connectivity index (χ2v) is 6.07. The Hall–Kier alpha value is -1.28. The van der Waals surface area contributed by atoms with Crippen LogP contribution in [0.5, 0.6) is 0 Å². The summed E-state index contributed by atoms with van der Waals surface area (Å²) in [4.78, 5) is 0. The lowest BCUT2D eigenvalue weighted by Crippen LogP contribution is -2.00. The van der Waals surface area contributed by atoms with Gasteiger partial charge >= 0.3 is 0 Å². The molecule has 2 aromatic carbocycles. The molecule has 0 amide bonds. The predicted octanol–water partition coefficient (Wildman–Crippen LogP) is 5.49. The molecule has 2 aromatic rings. The summed E-state index contributed by atoms with van der Waals surface area (Å²) in [5, 5.41) is 3.49. The Labute approximate surface area is 124 Å². The third-order valence-electron chi connectivity index (χ3n) is 3.27. The normalized spacial score (nSPS) is 10.8. The van der Waals surface area contributed by atoms with Crippen LogP contribution in [0, 0.1) is 6.92 Å². The van der Waals surface area contributed by atoms with Gasteiger partial charge in [-0.3, -0.25) is 0 Å². The van der Waals surface area contributed by atoms with Crippen molar-refractivity contribution in [2.75, 3.05) is 5.32 Å². The van der Waals surface area contributed by atoms with E-state index in [2.05, 4.69) is 84.5 Å². The van der Waals surface area contributed by atoms with Crippen molar-refractivity contribution in [1.29, 1.82) is 0 Å². The number of halogens is 1. The van der Waals surface area contributed by atoms with Crippen molar-refractivity contribution in [2.24, 2.45) is 0 Å². The molecule has 0 aliphatic carbocycles. The fourth-order valence-corrected chi connectivity index (χ4v) is 2.28. The molecule has 19 heavy (non-hydrogen) atoms. The molecule has 1 N–H and O–H groups in total. The van der Waals surface area contributed by atoms with Gasteiger partial charge in [0.25, 0.3) is 0 Å². The van der Waals surface area contributed by atoms with Crippen molar-refractivity contribution in [3.63, 3.8) is 0 Å². The van der Waals surface area contributed by atoms with Gasteiger partial charge in [-0.1, -0.05) is 54.0 Å². The van der Waals surface area contributed by atoms with Crippen LogP contribution >= 0.6 is 15.9 Å². The Morgan fingerprint density at radius 1 is 1.11 bits per heavy atom. The minimum atomic E-state index is 0.566. The summed E-state index contributed by atoms with van der Waals surface area (Å²) in [7, 11) is 0. The maximum Gasteiger partial charge on any atom is 0.0400 e. The van der Waals surface area contributed by atoms with Gasteiger partial charge in [0.1, 0.15) is 0 Å². The number of aryl methyl sites for hydroxylation is 1. The second-order valence-electron chi connectivity index (χ2n) is 5.22. The molecule has 0 aliphatic rings. The van der Waals surface area contributed by atoms with Gasteiger partial charge in [0.2, 0.25) is 0 Å². The molecular weight excluding hydrogens is 298 g/mol. The van der Waals surface area contributed by atoms with Crippen LogP contribution in [0.25, 0.3) is 0 Å². The molecule has 100 valence electrons. The first-order chi connectivity index (χ1) is 9.06. The number of benzene rings is 2. The van der Waals surface area contributed by atoms with Crippen LogP contribution in [0.2, 0.25) is 0 Å². The molecule has 2 rings (SSSR count). The summed E-state index contributed by atoms with van der Waals surface area (Å²) < 4.78 is 1.16. The lowest BCUT2D eigenvalue weighted by molar-refractivity contribution is 0.866. The molecule has 0 bridgehead atoms. The molecule has 2 heteroatoms. The Morgan fingerprint density at radius 2 is 1.89 bits per heavy atom. The van der Waals surface area contributed by atoms with E-state index in [4.69, 9.17) is 0 Å². The van der Waals surface area contributed by atoms with E-state index >= 15 is 0 Å². The third kappa shape index (κ3) is 3.84. The third-order valence-corrected chi connectivity index (χ3v) is 4.16. The van der Waals surface area contributed by atoms with E-state index in [0.717, 1.165) is 11.0 Å². The fourth-order valence-electron chi connectivity index (χ4n) is 2.03. The summed E-state index contributed by atoms with van der Waals surface area (Å²) in [6.07, 6.45) is 0. The van der Waals surface area contributed by atoms with Crippen molar-refractivity contribution < 1.29 is 0 Å². The van der Waals surface area contributed by atoms with Gasteiger partial charge in [-0.25, -0.2) is 0 Å².